The largest absolute Gasteiger partial charge is 0.394 e. The highest BCUT2D eigenvalue weighted by atomic mass is 16.5. The van der Waals surface area contributed by atoms with Crippen molar-refractivity contribution < 1.29 is 19.2 Å². The highest BCUT2D eigenvalue weighted by Crippen LogP contribution is 2.41. The number of hydrogen-bond acceptors (Lipinski definition) is 5. The Balaban J connectivity index is 1.40. The molecule has 150 valence electrons. The molecule has 2 amide bonds. The Kier molecular flexibility index (Phi) is 3.99. The maximum absolute atomic E-state index is 13.0. The van der Waals surface area contributed by atoms with Crippen LogP contribution in [0.3, 0.4) is 0 Å². The van der Waals surface area contributed by atoms with E-state index in [0.717, 1.165) is 23.7 Å². The predicted octanol–water partition coefficient (Wildman–Crippen LogP) is 1.95. The first-order valence-electron chi connectivity index (χ1n) is 9.76. The summed E-state index contributed by atoms with van der Waals surface area (Å²) >= 11 is 0. The minimum absolute atomic E-state index is 0.0692. The van der Waals surface area contributed by atoms with E-state index < -0.39 is 5.54 Å². The molecular weight excluding hydrogens is 372 g/mol. The van der Waals surface area contributed by atoms with Crippen LogP contribution in [0.5, 0.6) is 0 Å². The number of aromatic nitrogens is 2. The third-order valence-corrected chi connectivity index (χ3v) is 6.22. The van der Waals surface area contributed by atoms with Gasteiger partial charge in [-0.15, -0.1) is 0 Å². The van der Waals surface area contributed by atoms with E-state index in [0.29, 0.717) is 30.0 Å². The van der Waals surface area contributed by atoms with Crippen LogP contribution in [0.1, 0.15) is 45.1 Å². The number of nitrogens with one attached hydrogen (secondary N) is 1. The number of likely N-dealkylation sites (N-methyl/N-ethyl adjacent to an activating group) is 1. The second kappa shape index (κ2) is 6.45. The summed E-state index contributed by atoms with van der Waals surface area (Å²) in [5.41, 5.74) is 1.84. The molecule has 2 aromatic heterocycles. The Bertz CT molecular complexity index is 1080. The van der Waals surface area contributed by atoms with E-state index in [1.807, 2.05) is 30.3 Å². The zero-order valence-corrected chi connectivity index (χ0v) is 16.1. The molecule has 3 heterocycles. The zero-order chi connectivity index (χ0) is 20.2. The van der Waals surface area contributed by atoms with Crippen molar-refractivity contribution in [2.45, 2.75) is 31.3 Å². The molecule has 8 heteroatoms. The number of aliphatic hydroxyl groups is 1. The van der Waals surface area contributed by atoms with Gasteiger partial charge in [-0.05, 0) is 25.0 Å². The van der Waals surface area contributed by atoms with Gasteiger partial charge in [0, 0.05) is 36.5 Å². The minimum Gasteiger partial charge on any atom is -0.394 e. The Morgan fingerprint density at radius 1 is 1.34 bits per heavy atom. The normalized spacial score (nSPS) is 17.2. The molecule has 2 N–H and O–H groups in total. The first-order valence-corrected chi connectivity index (χ1v) is 9.76. The topological polar surface area (TPSA) is 103 Å². The van der Waals surface area contributed by atoms with Crippen LogP contribution in [0.2, 0.25) is 0 Å². The molecule has 3 aromatic rings. The number of carbonyl (C=O) groups excluding carboxylic acids is 2. The van der Waals surface area contributed by atoms with Crippen molar-refractivity contribution in [1.29, 1.82) is 0 Å². The molecule has 5 rings (SSSR count). The van der Waals surface area contributed by atoms with E-state index in [1.165, 1.54) is 0 Å². The van der Waals surface area contributed by atoms with Gasteiger partial charge < -0.3 is 24.4 Å². The number of aliphatic hydroxyl groups excluding tert-OH is 1. The van der Waals surface area contributed by atoms with Crippen molar-refractivity contribution in [1.82, 2.24) is 19.9 Å². The number of carbonyl (C=O) groups is 2. The number of para-hydroxylation sites is 1. The molecule has 1 fully saturated rings. The maximum Gasteiger partial charge on any atom is 0.276 e. The number of nitrogens with zero attached hydrogens (tertiary/aromatic N) is 3. The number of hydrogen-bond donors (Lipinski definition) is 2. The molecule has 8 nitrogen and oxygen atoms in total. The van der Waals surface area contributed by atoms with Gasteiger partial charge in [0.15, 0.2) is 5.69 Å². The van der Waals surface area contributed by atoms with Crippen LogP contribution in [0.25, 0.3) is 10.9 Å². The molecule has 2 aliphatic rings. The first kappa shape index (κ1) is 17.9. The lowest BCUT2D eigenvalue weighted by molar-refractivity contribution is 0.0604. The van der Waals surface area contributed by atoms with Crippen molar-refractivity contribution in [3.63, 3.8) is 0 Å². The van der Waals surface area contributed by atoms with Crippen LogP contribution < -0.4 is 0 Å². The zero-order valence-electron chi connectivity index (χ0n) is 16.1. The van der Waals surface area contributed by atoms with E-state index in [4.69, 9.17) is 4.52 Å². The van der Waals surface area contributed by atoms with Crippen LogP contribution >= 0.6 is 0 Å². The Labute approximate surface area is 167 Å². The molecule has 1 saturated carbocycles. The van der Waals surface area contributed by atoms with Gasteiger partial charge in [-0.25, -0.2) is 0 Å². The third-order valence-electron chi connectivity index (χ3n) is 6.22. The van der Waals surface area contributed by atoms with E-state index in [1.54, 1.807) is 16.8 Å². The van der Waals surface area contributed by atoms with Crippen LogP contribution in [0.4, 0.5) is 0 Å². The molecular formula is C21H22N4O4. The van der Waals surface area contributed by atoms with Gasteiger partial charge >= 0.3 is 0 Å². The average molecular weight is 394 g/mol. The third kappa shape index (κ3) is 2.82. The number of H-pyrrole nitrogens is 1. The number of fused-ring (bicyclic) bond motifs is 2. The Hall–Kier alpha value is -3.13. The van der Waals surface area contributed by atoms with Crippen molar-refractivity contribution in [3.8, 4) is 0 Å². The summed E-state index contributed by atoms with van der Waals surface area (Å²) in [5.74, 6) is 0.256. The standard InChI is InChI=1S/C21H22N4O4/c1-24(21(12-26)7-8-21)20(28)18-14-11-25(9-6-17(14)29-23-18)19(27)16-10-13-4-2-3-5-15(13)22-16/h2-5,10,22,26H,6-9,11-12H2,1H3. The lowest BCUT2D eigenvalue weighted by Crippen LogP contribution is -2.42. The molecule has 0 atom stereocenters. The van der Waals surface area contributed by atoms with Gasteiger partial charge in [-0.3, -0.25) is 9.59 Å². The van der Waals surface area contributed by atoms with Gasteiger partial charge in [0.25, 0.3) is 11.8 Å². The first-order chi connectivity index (χ1) is 14.0. The lowest BCUT2D eigenvalue weighted by atomic mass is 10.0. The summed E-state index contributed by atoms with van der Waals surface area (Å²) in [7, 11) is 1.68. The number of benzene rings is 1. The molecule has 1 aliphatic carbocycles. The fourth-order valence-corrected chi connectivity index (χ4v) is 4.03. The van der Waals surface area contributed by atoms with Crippen LogP contribution in [-0.2, 0) is 13.0 Å². The SMILES string of the molecule is CN(C(=O)c1noc2c1CN(C(=O)c1cc3ccccc3[nH]1)CC2)C1(CO)CC1. The highest BCUT2D eigenvalue weighted by molar-refractivity contribution is 5.98. The minimum atomic E-state index is -0.489. The second-order valence-electron chi connectivity index (χ2n) is 7.93. The van der Waals surface area contributed by atoms with Gasteiger partial charge in [-0.2, -0.15) is 0 Å². The van der Waals surface area contributed by atoms with Gasteiger partial charge in [0.05, 0.1) is 18.7 Å². The monoisotopic (exact) mass is 394 g/mol. The van der Waals surface area contributed by atoms with Gasteiger partial charge in [0.2, 0.25) is 0 Å². The molecule has 1 aromatic carbocycles. The predicted molar refractivity (Wildman–Crippen MR) is 104 cm³/mol. The molecule has 0 saturated heterocycles. The number of aromatic amines is 1. The molecule has 0 bridgehead atoms. The molecule has 0 spiro atoms. The van der Waals surface area contributed by atoms with E-state index in [2.05, 4.69) is 10.1 Å². The van der Waals surface area contributed by atoms with Crippen molar-refractivity contribution in [3.05, 3.63) is 53.0 Å². The fourth-order valence-electron chi connectivity index (χ4n) is 4.03. The quantitative estimate of drug-likeness (QED) is 0.704. The van der Waals surface area contributed by atoms with Gasteiger partial charge in [-0.1, -0.05) is 23.4 Å². The smallest absolute Gasteiger partial charge is 0.276 e. The highest BCUT2D eigenvalue weighted by Gasteiger charge is 2.49. The molecule has 1 aliphatic heterocycles. The number of rotatable bonds is 4. The lowest BCUT2D eigenvalue weighted by Gasteiger charge is -2.28. The average Bonchev–Trinajstić information content (AvgIpc) is 3.25. The van der Waals surface area contributed by atoms with E-state index >= 15 is 0 Å². The summed E-state index contributed by atoms with van der Waals surface area (Å²) in [6, 6.07) is 9.59. The van der Waals surface area contributed by atoms with Crippen LogP contribution in [0, 0.1) is 0 Å². The maximum atomic E-state index is 13.0. The summed E-state index contributed by atoms with van der Waals surface area (Å²) in [4.78, 5) is 32.5. The summed E-state index contributed by atoms with van der Waals surface area (Å²) in [5, 5.41) is 14.6. The van der Waals surface area contributed by atoms with E-state index in [-0.39, 0.29) is 30.7 Å². The summed E-state index contributed by atoms with van der Waals surface area (Å²) < 4.78 is 5.40. The van der Waals surface area contributed by atoms with Crippen molar-refractivity contribution >= 4 is 22.7 Å². The summed E-state index contributed by atoms with van der Waals surface area (Å²) in [6.45, 7) is 0.703. The molecule has 0 unspecified atom stereocenters. The fraction of sp³-hybridized carbons (Fsp3) is 0.381. The van der Waals surface area contributed by atoms with E-state index in [9.17, 15) is 14.7 Å². The molecule has 0 radical (unpaired) electrons. The Morgan fingerprint density at radius 2 is 2.14 bits per heavy atom. The van der Waals surface area contributed by atoms with Gasteiger partial charge in [0.1, 0.15) is 11.5 Å². The van der Waals surface area contributed by atoms with Crippen molar-refractivity contribution in [2.24, 2.45) is 0 Å². The molecule has 29 heavy (non-hydrogen) atoms. The Morgan fingerprint density at radius 3 is 2.86 bits per heavy atom. The van der Waals surface area contributed by atoms with Crippen LogP contribution in [-0.4, -0.2) is 62.6 Å². The second-order valence-corrected chi connectivity index (χ2v) is 7.93. The van der Waals surface area contributed by atoms with Crippen LogP contribution in [0.15, 0.2) is 34.9 Å². The number of amides is 2. The van der Waals surface area contributed by atoms with Crippen molar-refractivity contribution in [2.75, 3.05) is 20.2 Å². The summed E-state index contributed by atoms with van der Waals surface area (Å²) in [6.07, 6.45) is 2.06.